The summed E-state index contributed by atoms with van der Waals surface area (Å²) in [5.74, 6) is 0. The number of hydrogen-bond acceptors (Lipinski definition) is 1. The van der Waals surface area contributed by atoms with E-state index in [1.54, 1.807) is 12.1 Å². The SMILES string of the molecule is [15N]#Cc1ccccc1. The first kappa shape index (κ1) is 4.86. The molecule has 0 aliphatic carbocycles. The van der Waals surface area contributed by atoms with Crippen LogP contribution in [0, 0.1) is 11.3 Å². The molecule has 0 unspecified atom stereocenters. The Labute approximate surface area is 48.2 Å². The quantitative estimate of drug-likeness (QED) is 0.458. The van der Waals surface area contributed by atoms with Gasteiger partial charge in [0.2, 0.25) is 0 Å². The molecule has 1 heteroatoms. The van der Waals surface area contributed by atoms with Gasteiger partial charge in [0.05, 0.1) is 11.6 Å². The summed E-state index contributed by atoms with van der Waals surface area (Å²) in [7, 11) is 0. The van der Waals surface area contributed by atoms with Crippen LogP contribution in [-0.2, 0) is 0 Å². The van der Waals surface area contributed by atoms with E-state index in [4.69, 9.17) is 5.26 Å². The Morgan fingerprint density at radius 3 is 2.12 bits per heavy atom. The van der Waals surface area contributed by atoms with Crippen molar-refractivity contribution in [2.24, 2.45) is 0 Å². The summed E-state index contributed by atoms with van der Waals surface area (Å²) in [6.45, 7) is 0. The molecule has 0 aliphatic heterocycles. The van der Waals surface area contributed by atoms with Crippen LogP contribution in [0.2, 0.25) is 0 Å². The molecule has 0 saturated carbocycles. The lowest BCUT2D eigenvalue weighted by Crippen LogP contribution is -1.66. The van der Waals surface area contributed by atoms with Crippen LogP contribution in [0.5, 0.6) is 0 Å². The third-order valence-electron chi connectivity index (χ3n) is 0.903. The largest absolute Gasteiger partial charge is 0.192 e. The zero-order valence-corrected chi connectivity index (χ0v) is 4.33. The Bertz CT molecular complexity index is 195. The summed E-state index contributed by atoms with van der Waals surface area (Å²) in [6, 6.07) is 11.2. The molecule has 0 bridgehead atoms. The fraction of sp³-hybridized carbons (Fsp3) is 0. The lowest BCUT2D eigenvalue weighted by atomic mass is 10.2. The van der Waals surface area contributed by atoms with Gasteiger partial charge >= 0.3 is 0 Å². The molecule has 1 nitrogen and oxygen atoms in total. The first-order valence-electron chi connectivity index (χ1n) is 2.38. The van der Waals surface area contributed by atoms with Crippen LogP contribution in [0.4, 0.5) is 0 Å². The maximum atomic E-state index is 8.29. The molecule has 0 radical (unpaired) electrons. The molecule has 1 rings (SSSR count). The maximum Gasteiger partial charge on any atom is 0.0991 e. The normalized spacial score (nSPS) is 7.88. The minimum Gasteiger partial charge on any atom is -0.192 e. The Balaban J connectivity index is 3.05. The molecule has 1 aromatic carbocycles. The molecule has 0 atom stereocenters. The summed E-state index contributed by atoms with van der Waals surface area (Å²) in [5, 5.41) is 8.29. The van der Waals surface area contributed by atoms with Gasteiger partial charge in [-0.05, 0) is 12.1 Å². The highest BCUT2D eigenvalue weighted by atomic mass is 15.1. The number of nitriles is 1. The van der Waals surface area contributed by atoms with Crippen molar-refractivity contribution in [2.75, 3.05) is 0 Å². The Hall–Kier alpha value is -1.29. The van der Waals surface area contributed by atoms with E-state index in [0.29, 0.717) is 5.56 Å². The average molecular weight is 104 g/mol. The van der Waals surface area contributed by atoms with Crippen LogP contribution >= 0.6 is 0 Å². The van der Waals surface area contributed by atoms with Crippen molar-refractivity contribution in [3.05, 3.63) is 35.9 Å². The zero-order valence-electron chi connectivity index (χ0n) is 4.33. The van der Waals surface area contributed by atoms with Gasteiger partial charge in [-0.3, -0.25) is 0 Å². The number of hydrogen-bond donors (Lipinski definition) is 0. The Morgan fingerprint density at radius 1 is 1.12 bits per heavy atom. The zero-order chi connectivity index (χ0) is 5.82. The second-order valence-corrected chi connectivity index (χ2v) is 1.48. The van der Waals surface area contributed by atoms with E-state index in [1.165, 1.54) is 0 Å². The topological polar surface area (TPSA) is 23.8 Å². The highest BCUT2D eigenvalue weighted by molar-refractivity contribution is 5.27. The van der Waals surface area contributed by atoms with E-state index in [9.17, 15) is 0 Å². The van der Waals surface area contributed by atoms with Gasteiger partial charge in [0.15, 0.2) is 0 Å². The fourth-order valence-electron chi connectivity index (χ4n) is 0.513. The minimum atomic E-state index is 0.715. The molecule has 0 aromatic heterocycles. The molecular weight excluding hydrogens is 99.1 g/mol. The van der Waals surface area contributed by atoms with Gasteiger partial charge in [-0.25, -0.2) is 0 Å². The van der Waals surface area contributed by atoms with Crippen LogP contribution in [0.25, 0.3) is 0 Å². The maximum absolute atomic E-state index is 8.29. The number of nitrogens with zero attached hydrogens (tertiary/aromatic N) is 1. The monoisotopic (exact) mass is 104 g/mol. The highest BCUT2D eigenvalue weighted by Gasteiger charge is 1.79. The van der Waals surface area contributed by atoms with E-state index >= 15 is 0 Å². The molecule has 38 valence electrons. The predicted molar refractivity (Wildman–Crippen MR) is 31.2 cm³/mol. The van der Waals surface area contributed by atoms with Gasteiger partial charge in [-0.2, -0.15) is 5.26 Å². The fourth-order valence-corrected chi connectivity index (χ4v) is 0.513. The highest BCUT2D eigenvalue weighted by Crippen LogP contribution is 1.92. The van der Waals surface area contributed by atoms with Crippen LogP contribution in [0.1, 0.15) is 5.56 Å². The van der Waals surface area contributed by atoms with Crippen LogP contribution in [0.15, 0.2) is 30.3 Å². The van der Waals surface area contributed by atoms with Crippen molar-refractivity contribution in [1.82, 2.24) is 0 Å². The van der Waals surface area contributed by atoms with E-state index in [1.807, 2.05) is 24.3 Å². The van der Waals surface area contributed by atoms with Crippen molar-refractivity contribution in [1.29, 1.82) is 5.26 Å². The summed E-state index contributed by atoms with van der Waals surface area (Å²) in [4.78, 5) is 0. The van der Waals surface area contributed by atoms with Crippen molar-refractivity contribution in [3.63, 3.8) is 0 Å². The minimum absolute atomic E-state index is 0.715. The van der Waals surface area contributed by atoms with Gasteiger partial charge in [0.1, 0.15) is 0 Å². The van der Waals surface area contributed by atoms with Crippen molar-refractivity contribution in [3.8, 4) is 6.07 Å². The summed E-state index contributed by atoms with van der Waals surface area (Å²) in [6.07, 6.45) is 0. The lowest BCUT2D eigenvalue weighted by molar-refractivity contribution is 1.49. The Morgan fingerprint density at radius 2 is 1.75 bits per heavy atom. The lowest BCUT2D eigenvalue weighted by Gasteiger charge is -1.80. The summed E-state index contributed by atoms with van der Waals surface area (Å²) in [5.41, 5.74) is 0.715. The third-order valence-corrected chi connectivity index (χ3v) is 0.903. The van der Waals surface area contributed by atoms with Gasteiger partial charge < -0.3 is 0 Å². The van der Waals surface area contributed by atoms with E-state index in [-0.39, 0.29) is 0 Å². The van der Waals surface area contributed by atoms with Gasteiger partial charge in [0.25, 0.3) is 0 Å². The van der Waals surface area contributed by atoms with Gasteiger partial charge in [-0.1, -0.05) is 18.2 Å². The molecule has 1 aromatic rings. The van der Waals surface area contributed by atoms with E-state index < -0.39 is 0 Å². The summed E-state index contributed by atoms with van der Waals surface area (Å²) < 4.78 is 0. The second kappa shape index (κ2) is 2.13. The smallest absolute Gasteiger partial charge is 0.0991 e. The molecular formula is C7H5N. The molecule has 0 N–H and O–H groups in total. The van der Waals surface area contributed by atoms with Crippen LogP contribution in [0.3, 0.4) is 0 Å². The third kappa shape index (κ3) is 0.855. The van der Waals surface area contributed by atoms with Crippen LogP contribution < -0.4 is 0 Å². The summed E-state index contributed by atoms with van der Waals surface area (Å²) >= 11 is 0. The molecule has 0 heterocycles. The molecule has 0 amide bonds. The molecule has 0 saturated heterocycles. The molecule has 0 aliphatic rings. The first-order chi connectivity index (χ1) is 3.93. The van der Waals surface area contributed by atoms with Crippen molar-refractivity contribution < 1.29 is 0 Å². The van der Waals surface area contributed by atoms with Gasteiger partial charge in [-0.15, -0.1) is 0 Å². The first-order valence-corrected chi connectivity index (χ1v) is 2.38. The Kier molecular flexibility index (Phi) is 1.29. The molecule has 0 spiro atoms. The molecule has 8 heavy (non-hydrogen) atoms. The molecule has 0 fully saturated rings. The van der Waals surface area contributed by atoms with E-state index in [0.717, 1.165) is 0 Å². The number of benzene rings is 1. The van der Waals surface area contributed by atoms with Crippen LogP contribution in [-0.4, -0.2) is 0 Å². The van der Waals surface area contributed by atoms with Crippen molar-refractivity contribution in [2.45, 2.75) is 0 Å². The second-order valence-electron chi connectivity index (χ2n) is 1.48. The standard InChI is InChI=1S/C7H5N/c8-6-7-4-2-1-3-5-7/h1-5H/i8+1. The van der Waals surface area contributed by atoms with E-state index in [2.05, 4.69) is 0 Å². The predicted octanol–water partition coefficient (Wildman–Crippen LogP) is 1.56. The number of rotatable bonds is 0. The van der Waals surface area contributed by atoms with Gasteiger partial charge in [0, 0.05) is 0 Å². The average Bonchev–Trinajstić information content (AvgIpc) is 1.90. The van der Waals surface area contributed by atoms with Crippen molar-refractivity contribution >= 4 is 0 Å².